The van der Waals surface area contributed by atoms with Gasteiger partial charge in [0, 0.05) is 32.5 Å². The Balaban J connectivity index is 1.27. The molecular formula is C30H37N7O5. The fraction of sp³-hybridized carbons (Fsp3) is 0.467. The van der Waals surface area contributed by atoms with Gasteiger partial charge in [0.1, 0.15) is 22.8 Å². The number of rotatable bonds is 11. The number of ether oxygens (including phenoxy) is 3. The van der Waals surface area contributed by atoms with E-state index in [9.17, 15) is 9.59 Å². The summed E-state index contributed by atoms with van der Waals surface area (Å²) in [4.78, 5) is 43.5. The number of carbonyl (C=O) groups excluding carboxylic acids is 1. The number of benzene rings is 1. The molecule has 42 heavy (non-hydrogen) atoms. The predicted molar refractivity (Wildman–Crippen MR) is 158 cm³/mol. The van der Waals surface area contributed by atoms with Gasteiger partial charge in [-0.1, -0.05) is 13.3 Å². The first kappa shape index (κ1) is 29.0. The van der Waals surface area contributed by atoms with Gasteiger partial charge in [0.05, 0.1) is 36.6 Å². The van der Waals surface area contributed by atoms with Crippen LogP contribution < -0.4 is 19.9 Å². The molecule has 0 saturated carbocycles. The molecule has 12 heteroatoms. The SMILES string of the molecule is CCCc1nn(C)c2c(=O)[nH]c(-c3cc(OCC4CCN(c5ncc(C(=O)OCC)cn5)CC4)ccc3OCC)nc12. The smallest absolute Gasteiger partial charge is 0.341 e. The number of fused-ring (bicyclic) bond motifs is 1. The summed E-state index contributed by atoms with van der Waals surface area (Å²) in [6.07, 6.45) is 6.49. The van der Waals surface area contributed by atoms with Crippen LogP contribution in [0.2, 0.25) is 0 Å². The zero-order valence-corrected chi connectivity index (χ0v) is 24.6. The van der Waals surface area contributed by atoms with Gasteiger partial charge in [0.15, 0.2) is 5.52 Å². The molecule has 0 radical (unpaired) electrons. The average Bonchev–Trinajstić information content (AvgIpc) is 3.32. The van der Waals surface area contributed by atoms with Crippen LogP contribution in [0.1, 0.15) is 56.1 Å². The molecule has 5 rings (SSSR count). The van der Waals surface area contributed by atoms with Crippen molar-refractivity contribution in [1.29, 1.82) is 0 Å². The predicted octanol–water partition coefficient (Wildman–Crippen LogP) is 3.94. The van der Waals surface area contributed by atoms with E-state index in [2.05, 4.69) is 31.9 Å². The van der Waals surface area contributed by atoms with Crippen molar-refractivity contribution in [2.45, 2.75) is 46.5 Å². The van der Waals surface area contributed by atoms with E-state index in [0.29, 0.717) is 71.2 Å². The van der Waals surface area contributed by atoms with E-state index >= 15 is 0 Å². The van der Waals surface area contributed by atoms with Crippen LogP contribution in [-0.4, -0.2) is 68.6 Å². The fourth-order valence-electron chi connectivity index (χ4n) is 5.16. The molecule has 1 saturated heterocycles. The highest BCUT2D eigenvalue weighted by Gasteiger charge is 2.23. The maximum atomic E-state index is 13.0. The van der Waals surface area contributed by atoms with Gasteiger partial charge in [-0.15, -0.1) is 0 Å². The van der Waals surface area contributed by atoms with Gasteiger partial charge in [0.2, 0.25) is 5.95 Å². The maximum absolute atomic E-state index is 13.0. The van der Waals surface area contributed by atoms with Crippen molar-refractivity contribution in [3.8, 4) is 22.9 Å². The van der Waals surface area contributed by atoms with Crippen molar-refractivity contribution in [2.24, 2.45) is 13.0 Å². The molecule has 0 atom stereocenters. The molecule has 4 heterocycles. The topological polar surface area (TPSA) is 137 Å². The highest BCUT2D eigenvalue weighted by atomic mass is 16.5. The first-order chi connectivity index (χ1) is 20.4. The second-order valence-electron chi connectivity index (χ2n) is 10.3. The van der Waals surface area contributed by atoms with Crippen LogP contribution in [0, 0.1) is 5.92 Å². The number of piperidine rings is 1. The molecule has 3 aromatic heterocycles. The van der Waals surface area contributed by atoms with E-state index in [1.54, 1.807) is 18.7 Å². The van der Waals surface area contributed by atoms with E-state index in [0.717, 1.165) is 44.5 Å². The molecule has 0 spiro atoms. The Bertz CT molecular complexity index is 1590. The minimum atomic E-state index is -0.418. The summed E-state index contributed by atoms with van der Waals surface area (Å²) in [5.41, 5.74) is 2.64. The molecule has 1 aliphatic heterocycles. The quantitative estimate of drug-likeness (QED) is 0.262. The van der Waals surface area contributed by atoms with Crippen LogP contribution in [0.25, 0.3) is 22.4 Å². The summed E-state index contributed by atoms with van der Waals surface area (Å²) in [6, 6.07) is 5.61. The van der Waals surface area contributed by atoms with E-state index < -0.39 is 5.97 Å². The van der Waals surface area contributed by atoms with Crippen molar-refractivity contribution >= 4 is 23.0 Å². The Morgan fingerprint density at radius 3 is 2.52 bits per heavy atom. The number of aryl methyl sites for hydroxylation is 2. The first-order valence-electron chi connectivity index (χ1n) is 14.5. The Labute approximate surface area is 244 Å². The average molecular weight is 576 g/mol. The molecule has 1 fully saturated rings. The molecule has 0 aliphatic carbocycles. The van der Waals surface area contributed by atoms with Crippen molar-refractivity contribution < 1.29 is 19.0 Å². The maximum Gasteiger partial charge on any atom is 0.341 e. The van der Waals surface area contributed by atoms with Gasteiger partial charge in [-0.2, -0.15) is 5.10 Å². The van der Waals surface area contributed by atoms with Crippen molar-refractivity contribution in [3.63, 3.8) is 0 Å². The van der Waals surface area contributed by atoms with Gasteiger partial charge in [-0.3, -0.25) is 9.48 Å². The molecule has 0 bridgehead atoms. The number of hydrogen-bond acceptors (Lipinski definition) is 10. The van der Waals surface area contributed by atoms with Crippen LogP contribution in [-0.2, 0) is 18.2 Å². The Kier molecular flexibility index (Phi) is 8.99. The largest absolute Gasteiger partial charge is 0.493 e. The molecule has 0 unspecified atom stereocenters. The molecule has 12 nitrogen and oxygen atoms in total. The first-order valence-corrected chi connectivity index (χ1v) is 14.5. The molecule has 1 aliphatic rings. The van der Waals surface area contributed by atoms with Gasteiger partial charge < -0.3 is 24.1 Å². The van der Waals surface area contributed by atoms with E-state index in [1.807, 2.05) is 25.1 Å². The molecule has 0 amide bonds. The van der Waals surface area contributed by atoms with Crippen LogP contribution in [0.15, 0.2) is 35.4 Å². The summed E-state index contributed by atoms with van der Waals surface area (Å²) in [6.45, 7) is 8.67. The highest BCUT2D eigenvalue weighted by molar-refractivity contribution is 5.88. The van der Waals surface area contributed by atoms with E-state index in [-0.39, 0.29) is 5.56 Å². The molecule has 222 valence electrons. The number of aromatic amines is 1. The lowest BCUT2D eigenvalue weighted by Crippen LogP contribution is -2.36. The number of nitrogens with zero attached hydrogens (tertiary/aromatic N) is 6. The number of hydrogen-bond donors (Lipinski definition) is 1. The highest BCUT2D eigenvalue weighted by Crippen LogP contribution is 2.33. The molecule has 4 aromatic rings. The van der Waals surface area contributed by atoms with Crippen LogP contribution >= 0.6 is 0 Å². The van der Waals surface area contributed by atoms with Crippen LogP contribution in [0.5, 0.6) is 11.5 Å². The number of aromatic nitrogens is 6. The van der Waals surface area contributed by atoms with Gasteiger partial charge in [0.25, 0.3) is 5.56 Å². The number of esters is 1. The van der Waals surface area contributed by atoms with Crippen molar-refractivity contribution in [3.05, 3.63) is 52.2 Å². The number of anilines is 1. The minimum Gasteiger partial charge on any atom is -0.493 e. The Morgan fingerprint density at radius 2 is 1.83 bits per heavy atom. The van der Waals surface area contributed by atoms with E-state index in [4.69, 9.17) is 19.2 Å². The number of carbonyl (C=O) groups is 1. The Morgan fingerprint density at radius 1 is 1.07 bits per heavy atom. The summed E-state index contributed by atoms with van der Waals surface area (Å²) >= 11 is 0. The monoisotopic (exact) mass is 575 g/mol. The summed E-state index contributed by atoms with van der Waals surface area (Å²) in [5, 5.41) is 4.52. The fourth-order valence-corrected chi connectivity index (χ4v) is 5.16. The summed E-state index contributed by atoms with van der Waals surface area (Å²) < 4.78 is 18.7. The third-order valence-corrected chi connectivity index (χ3v) is 7.29. The lowest BCUT2D eigenvalue weighted by Gasteiger charge is -2.31. The van der Waals surface area contributed by atoms with Gasteiger partial charge >= 0.3 is 5.97 Å². The van der Waals surface area contributed by atoms with Gasteiger partial charge in [-0.25, -0.2) is 19.7 Å². The lowest BCUT2D eigenvalue weighted by atomic mass is 9.98. The van der Waals surface area contributed by atoms with Crippen molar-refractivity contribution in [2.75, 3.05) is 37.8 Å². The molecule has 1 aromatic carbocycles. The number of nitrogens with one attached hydrogen (secondary N) is 1. The normalized spacial score (nSPS) is 13.9. The second-order valence-corrected chi connectivity index (χ2v) is 10.3. The Hall–Kier alpha value is -4.48. The zero-order chi connectivity index (χ0) is 29.6. The zero-order valence-electron chi connectivity index (χ0n) is 24.6. The van der Waals surface area contributed by atoms with E-state index in [1.165, 1.54) is 12.4 Å². The molecule has 1 N–H and O–H groups in total. The third kappa shape index (κ3) is 6.22. The summed E-state index contributed by atoms with van der Waals surface area (Å²) in [5.74, 6) is 2.27. The van der Waals surface area contributed by atoms with Crippen molar-refractivity contribution in [1.82, 2.24) is 29.7 Å². The number of H-pyrrole nitrogens is 1. The third-order valence-electron chi connectivity index (χ3n) is 7.29. The minimum absolute atomic E-state index is 0.243. The molecular weight excluding hydrogens is 538 g/mol. The van der Waals surface area contributed by atoms with Gasteiger partial charge in [-0.05, 0) is 57.2 Å². The standard InChI is InChI=1S/C30H37N7O5/c1-5-8-23-25-26(36(4)35-23)28(38)34-27(33-25)22-15-21(9-10-24(22)40-6-2)42-18-19-11-13-37(14-12-19)30-31-16-20(17-32-30)29(39)41-7-3/h9-10,15-17,19H,5-8,11-14,18H2,1-4H3,(H,33,34,38). The van der Waals surface area contributed by atoms with Crippen LogP contribution in [0.4, 0.5) is 5.95 Å². The summed E-state index contributed by atoms with van der Waals surface area (Å²) in [7, 11) is 1.76. The lowest BCUT2D eigenvalue weighted by molar-refractivity contribution is 0.0525. The van der Waals surface area contributed by atoms with Crippen LogP contribution in [0.3, 0.4) is 0 Å². The second kappa shape index (κ2) is 13.0.